The molecule has 1 saturated heterocycles. The van der Waals surface area contributed by atoms with Gasteiger partial charge in [0, 0.05) is 24.8 Å². The molecule has 2 aromatic rings. The molecule has 1 fully saturated rings. The van der Waals surface area contributed by atoms with E-state index in [1.807, 2.05) is 24.3 Å². The van der Waals surface area contributed by atoms with Crippen LogP contribution < -0.4 is 15.5 Å². The molecule has 0 aliphatic carbocycles. The number of hydrogen-bond donors (Lipinski definition) is 3. The SMILES string of the molecule is CC(=O)NC[C@@H]1OC(=O)N2c3ccc(-c4ccc([NH2+]C=NC=N)nc4)cc3C[C@@H]12. The van der Waals surface area contributed by atoms with Gasteiger partial charge in [0.05, 0.1) is 18.3 Å². The summed E-state index contributed by atoms with van der Waals surface area (Å²) in [6.07, 6.45) is 4.23. The Labute approximate surface area is 167 Å². The van der Waals surface area contributed by atoms with Gasteiger partial charge in [-0.25, -0.2) is 9.78 Å². The van der Waals surface area contributed by atoms with Gasteiger partial charge in [-0.1, -0.05) is 6.07 Å². The summed E-state index contributed by atoms with van der Waals surface area (Å²) in [4.78, 5) is 33.3. The van der Waals surface area contributed by atoms with Crippen LogP contribution in [-0.4, -0.2) is 48.4 Å². The van der Waals surface area contributed by atoms with Crippen molar-refractivity contribution in [1.29, 1.82) is 5.41 Å². The molecule has 0 radical (unpaired) electrons. The molecule has 2 atom stereocenters. The summed E-state index contributed by atoms with van der Waals surface area (Å²) in [5, 5.41) is 11.3. The minimum absolute atomic E-state index is 0.108. The van der Waals surface area contributed by atoms with E-state index >= 15 is 0 Å². The Hall–Kier alpha value is -3.59. The Balaban J connectivity index is 1.52. The number of nitrogens with zero attached hydrogens (tertiary/aromatic N) is 3. The second kappa shape index (κ2) is 7.80. The predicted octanol–water partition coefficient (Wildman–Crippen LogP) is 0.965. The number of hydrogen-bond acceptors (Lipinski definition) is 5. The number of aromatic nitrogens is 1. The quantitative estimate of drug-likeness (QED) is 0.499. The molecule has 29 heavy (non-hydrogen) atoms. The summed E-state index contributed by atoms with van der Waals surface area (Å²) in [7, 11) is 0. The molecule has 2 aliphatic heterocycles. The fourth-order valence-corrected chi connectivity index (χ4v) is 3.71. The number of benzene rings is 1. The number of carbonyl (C=O) groups is 2. The van der Waals surface area contributed by atoms with Gasteiger partial charge in [0.2, 0.25) is 11.7 Å². The molecular weight excluding hydrogens is 372 g/mol. The number of rotatable bonds is 6. The Kier molecular flexibility index (Phi) is 5.05. The van der Waals surface area contributed by atoms with Gasteiger partial charge in [-0.15, -0.1) is 0 Å². The first-order valence-electron chi connectivity index (χ1n) is 9.26. The number of quaternary nitrogens is 1. The van der Waals surface area contributed by atoms with Gasteiger partial charge in [-0.05, 0) is 35.7 Å². The second-order valence-electron chi connectivity index (χ2n) is 6.91. The highest BCUT2D eigenvalue weighted by Crippen LogP contribution is 2.40. The number of anilines is 1. The average Bonchev–Trinajstić information content (AvgIpc) is 3.24. The fraction of sp³-hybridized carbons (Fsp3) is 0.250. The third-order valence-electron chi connectivity index (χ3n) is 5.06. The lowest BCUT2D eigenvalue weighted by atomic mass is 10.0. The topological polar surface area (TPSA) is 124 Å². The number of fused-ring (bicyclic) bond motifs is 3. The summed E-state index contributed by atoms with van der Waals surface area (Å²) >= 11 is 0. The van der Waals surface area contributed by atoms with E-state index in [9.17, 15) is 9.59 Å². The molecule has 4 rings (SSSR count). The van der Waals surface area contributed by atoms with Crippen molar-refractivity contribution >= 4 is 36.2 Å². The van der Waals surface area contributed by atoms with Crippen LogP contribution >= 0.6 is 0 Å². The highest BCUT2D eigenvalue weighted by atomic mass is 16.6. The van der Waals surface area contributed by atoms with Gasteiger partial charge in [0.15, 0.2) is 6.34 Å². The maximum atomic E-state index is 12.3. The van der Waals surface area contributed by atoms with Crippen molar-refractivity contribution in [3.05, 3.63) is 42.1 Å². The maximum absolute atomic E-state index is 12.3. The molecule has 0 saturated carbocycles. The van der Waals surface area contributed by atoms with Crippen molar-refractivity contribution < 1.29 is 19.6 Å². The maximum Gasteiger partial charge on any atom is 0.415 e. The van der Waals surface area contributed by atoms with E-state index in [1.165, 1.54) is 13.3 Å². The average molecular weight is 393 g/mol. The number of carbonyl (C=O) groups excluding carboxylic acids is 2. The van der Waals surface area contributed by atoms with Crippen LogP contribution in [0.25, 0.3) is 11.1 Å². The van der Waals surface area contributed by atoms with Crippen molar-refractivity contribution in [3.63, 3.8) is 0 Å². The normalized spacial score (nSPS) is 19.8. The van der Waals surface area contributed by atoms with Crippen molar-refractivity contribution in [1.82, 2.24) is 10.3 Å². The number of nitrogens with two attached hydrogens (primary N) is 1. The molecule has 0 spiro atoms. The van der Waals surface area contributed by atoms with E-state index in [0.717, 1.165) is 34.5 Å². The molecule has 3 heterocycles. The lowest BCUT2D eigenvalue weighted by Gasteiger charge is -2.16. The van der Waals surface area contributed by atoms with Crippen LogP contribution in [0.1, 0.15) is 12.5 Å². The second-order valence-corrected chi connectivity index (χ2v) is 6.91. The van der Waals surface area contributed by atoms with Crippen LogP contribution in [0.3, 0.4) is 0 Å². The van der Waals surface area contributed by atoms with Gasteiger partial charge in [-0.2, -0.15) is 4.99 Å². The largest absolute Gasteiger partial charge is 0.442 e. The third-order valence-corrected chi connectivity index (χ3v) is 5.06. The highest BCUT2D eigenvalue weighted by molar-refractivity contribution is 5.94. The summed E-state index contributed by atoms with van der Waals surface area (Å²) in [6.45, 7) is 1.76. The number of pyridine rings is 1. The van der Waals surface area contributed by atoms with E-state index in [2.05, 4.69) is 21.4 Å². The molecule has 1 aromatic heterocycles. The zero-order valence-electron chi connectivity index (χ0n) is 15.8. The Morgan fingerprint density at radius 3 is 2.97 bits per heavy atom. The predicted molar refractivity (Wildman–Crippen MR) is 107 cm³/mol. The first-order chi connectivity index (χ1) is 14.1. The molecular formula is C20H21N6O3+. The summed E-state index contributed by atoms with van der Waals surface area (Å²) < 4.78 is 5.44. The van der Waals surface area contributed by atoms with Crippen LogP contribution in [0, 0.1) is 5.41 Å². The minimum Gasteiger partial charge on any atom is -0.442 e. The summed E-state index contributed by atoms with van der Waals surface area (Å²) in [5.41, 5.74) is 3.92. The highest BCUT2D eigenvalue weighted by Gasteiger charge is 2.47. The van der Waals surface area contributed by atoms with Crippen LogP contribution in [0.5, 0.6) is 0 Å². The van der Waals surface area contributed by atoms with E-state index < -0.39 is 0 Å². The van der Waals surface area contributed by atoms with Crippen molar-refractivity contribution in [2.24, 2.45) is 4.99 Å². The van der Waals surface area contributed by atoms with E-state index in [0.29, 0.717) is 13.0 Å². The van der Waals surface area contributed by atoms with Gasteiger partial charge in [-0.3, -0.25) is 20.4 Å². The Bertz CT molecular complexity index is 988. The van der Waals surface area contributed by atoms with Gasteiger partial charge in [0.1, 0.15) is 12.4 Å². The fourth-order valence-electron chi connectivity index (χ4n) is 3.71. The molecule has 1 aromatic carbocycles. The van der Waals surface area contributed by atoms with Crippen LogP contribution in [0.15, 0.2) is 41.5 Å². The molecule has 9 heteroatoms. The van der Waals surface area contributed by atoms with Crippen LogP contribution in [-0.2, 0) is 16.0 Å². The zero-order valence-corrected chi connectivity index (χ0v) is 15.8. The number of nitrogens with one attached hydrogen (secondary N) is 2. The Morgan fingerprint density at radius 2 is 2.24 bits per heavy atom. The third kappa shape index (κ3) is 3.72. The van der Waals surface area contributed by atoms with Gasteiger partial charge >= 0.3 is 6.09 Å². The summed E-state index contributed by atoms with van der Waals surface area (Å²) in [5.74, 6) is 0.610. The minimum atomic E-state index is -0.370. The first-order valence-corrected chi connectivity index (χ1v) is 9.26. The lowest BCUT2D eigenvalue weighted by Crippen LogP contribution is -2.76. The number of aliphatic imine (C=N–C) groups is 1. The zero-order chi connectivity index (χ0) is 20.4. The lowest BCUT2D eigenvalue weighted by molar-refractivity contribution is -0.437. The van der Waals surface area contributed by atoms with E-state index in [-0.39, 0.29) is 24.1 Å². The van der Waals surface area contributed by atoms with Crippen molar-refractivity contribution in [2.75, 3.05) is 11.4 Å². The Morgan fingerprint density at radius 1 is 1.41 bits per heavy atom. The number of ether oxygens (including phenoxy) is 1. The first kappa shape index (κ1) is 18.8. The van der Waals surface area contributed by atoms with Gasteiger partial charge < -0.3 is 10.1 Å². The summed E-state index contributed by atoms with van der Waals surface area (Å²) in [6, 6.07) is 9.73. The standard InChI is InChI=1S/C20H20N6O3/c1-12(27)23-9-18-17-7-15-6-13(2-4-16(15)26(17)20(28)29-18)14-3-5-19(24-8-14)25-11-22-10-21/h2-6,8,10-11,17-18H,7,9H2,1H3,(H,23,27)(H2,21,22,24,25)/p+1/t17-,18-/m0/s1. The van der Waals surface area contributed by atoms with Gasteiger partial charge in [0.25, 0.3) is 0 Å². The number of amides is 2. The van der Waals surface area contributed by atoms with Crippen molar-refractivity contribution in [3.8, 4) is 11.1 Å². The van der Waals surface area contributed by atoms with Crippen LogP contribution in [0.4, 0.5) is 16.3 Å². The molecule has 2 amide bonds. The molecule has 0 bridgehead atoms. The smallest absolute Gasteiger partial charge is 0.415 e. The molecule has 4 N–H and O–H groups in total. The van der Waals surface area contributed by atoms with Crippen molar-refractivity contribution in [2.45, 2.75) is 25.5 Å². The monoisotopic (exact) mass is 393 g/mol. The van der Waals surface area contributed by atoms with Crippen LogP contribution in [0.2, 0.25) is 0 Å². The molecule has 148 valence electrons. The van der Waals surface area contributed by atoms with E-state index in [4.69, 9.17) is 10.1 Å². The molecule has 2 aliphatic rings. The van der Waals surface area contributed by atoms with E-state index in [1.54, 1.807) is 16.4 Å². The molecule has 0 unspecified atom stereocenters. The molecule has 9 nitrogen and oxygen atoms in total. The number of cyclic esters (lactones) is 1.